The van der Waals surface area contributed by atoms with E-state index in [9.17, 15) is 36.0 Å². The molecule has 0 aromatic heterocycles. The summed E-state index contributed by atoms with van der Waals surface area (Å²) in [7, 11) is -8.92. The highest BCUT2D eigenvalue weighted by atomic mass is 32.2. The lowest BCUT2D eigenvalue weighted by atomic mass is 10.1. The summed E-state index contributed by atoms with van der Waals surface area (Å²) >= 11 is 0. The molecule has 2 heterocycles. The van der Waals surface area contributed by atoms with E-state index in [-0.39, 0.29) is 16.7 Å². The minimum absolute atomic E-state index is 0.00704. The Balaban J connectivity index is 0.000000171. The molecule has 2 aromatic rings. The van der Waals surface area contributed by atoms with Crippen LogP contribution in [-0.4, -0.2) is 49.8 Å². The van der Waals surface area contributed by atoms with Gasteiger partial charge in [0.05, 0.1) is 27.1 Å². The Morgan fingerprint density at radius 2 is 1.20 bits per heavy atom. The molecule has 0 saturated heterocycles. The van der Waals surface area contributed by atoms with Crippen LogP contribution in [0.2, 0.25) is 0 Å². The van der Waals surface area contributed by atoms with Crippen LogP contribution in [0.25, 0.3) is 0 Å². The highest BCUT2D eigenvalue weighted by Crippen LogP contribution is 2.26. The fourth-order valence-corrected chi connectivity index (χ4v) is 3.75. The van der Waals surface area contributed by atoms with E-state index < -0.39 is 59.5 Å². The van der Waals surface area contributed by atoms with Crippen LogP contribution in [0.1, 0.15) is 41.4 Å². The van der Waals surface area contributed by atoms with E-state index in [1.54, 1.807) is 0 Å². The van der Waals surface area contributed by atoms with Crippen molar-refractivity contribution in [2.45, 2.75) is 9.79 Å². The predicted molar refractivity (Wildman–Crippen MR) is 92.0 cm³/mol. The molecule has 0 atom stereocenters. The van der Waals surface area contributed by atoms with Crippen molar-refractivity contribution in [2.75, 3.05) is 0 Å². The number of carbonyl (C=O) groups excluding carboxylic acids is 4. The highest BCUT2D eigenvalue weighted by Gasteiger charge is 2.35. The SMILES string of the molecule is O=C1OC(=O)c2c1cccc2S(=O)(=O)O.O=C1OC(=O)c2cc(S(=O)(=O)O)ccc21. The van der Waals surface area contributed by atoms with E-state index in [0.717, 1.165) is 24.3 Å². The molecule has 0 unspecified atom stereocenters. The summed E-state index contributed by atoms with van der Waals surface area (Å²) in [5, 5.41) is 0. The van der Waals surface area contributed by atoms with Gasteiger partial charge >= 0.3 is 23.9 Å². The van der Waals surface area contributed by atoms with Gasteiger partial charge in [0, 0.05) is 0 Å². The van der Waals surface area contributed by atoms with E-state index in [4.69, 9.17) is 9.11 Å². The molecule has 2 aliphatic rings. The minimum atomic E-state index is -4.54. The second kappa shape index (κ2) is 7.10. The van der Waals surface area contributed by atoms with Crippen LogP contribution in [0, 0.1) is 0 Å². The maximum atomic E-state index is 11.1. The van der Waals surface area contributed by atoms with Crippen molar-refractivity contribution >= 4 is 44.1 Å². The van der Waals surface area contributed by atoms with Crippen LogP contribution in [0.15, 0.2) is 46.2 Å². The first kappa shape index (κ1) is 21.3. The van der Waals surface area contributed by atoms with Crippen molar-refractivity contribution in [3.63, 3.8) is 0 Å². The molecule has 2 aromatic carbocycles. The molecule has 0 radical (unpaired) electrons. The number of carbonyl (C=O) groups is 4. The maximum absolute atomic E-state index is 11.1. The van der Waals surface area contributed by atoms with Crippen LogP contribution < -0.4 is 0 Å². The monoisotopic (exact) mass is 456 g/mol. The Morgan fingerprint density at radius 1 is 0.633 bits per heavy atom. The topological polar surface area (TPSA) is 195 Å². The van der Waals surface area contributed by atoms with Gasteiger partial charge in [-0.2, -0.15) is 16.8 Å². The number of esters is 4. The molecule has 0 spiro atoms. The largest absolute Gasteiger partial charge is 0.386 e. The fraction of sp³-hybridized carbons (Fsp3) is 0. The van der Waals surface area contributed by atoms with Crippen molar-refractivity contribution in [1.29, 1.82) is 0 Å². The average Bonchev–Trinajstić information content (AvgIpc) is 3.10. The fourth-order valence-electron chi connectivity index (χ4n) is 2.54. The third-order valence-corrected chi connectivity index (χ3v) is 5.57. The smallest absolute Gasteiger partial charge is 0.348 e. The van der Waals surface area contributed by atoms with Crippen LogP contribution in [0.4, 0.5) is 0 Å². The van der Waals surface area contributed by atoms with E-state index in [1.165, 1.54) is 12.1 Å². The third-order valence-electron chi connectivity index (χ3n) is 3.83. The summed E-state index contributed by atoms with van der Waals surface area (Å²) in [4.78, 5) is 43.1. The van der Waals surface area contributed by atoms with Gasteiger partial charge in [0.1, 0.15) is 4.90 Å². The van der Waals surface area contributed by atoms with Crippen LogP contribution in [-0.2, 0) is 29.7 Å². The number of rotatable bonds is 2. The molecular weight excluding hydrogens is 448 g/mol. The molecule has 0 bridgehead atoms. The summed E-state index contributed by atoms with van der Waals surface area (Å²) in [6, 6.07) is 6.55. The van der Waals surface area contributed by atoms with Gasteiger partial charge in [-0.3, -0.25) is 9.11 Å². The number of ether oxygens (including phenoxy) is 2. The second-order valence-electron chi connectivity index (χ2n) is 5.69. The normalized spacial score (nSPS) is 15.0. The van der Waals surface area contributed by atoms with Gasteiger partial charge in [-0.1, -0.05) is 6.07 Å². The lowest BCUT2D eigenvalue weighted by molar-refractivity contribution is 0.0425. The van der Waals surface area contributed by atoms with E-state index in [2.05, 4.69) is 9.47 Å². The first-order valence-electron chi connectivity index (χ1n) is 7.56. The molecular formula is C16H8O12S2. The van der Waals surface area contributed by atoms with Gasteiger partial charge in [0.15, 0.2) is 0 Å². The molecule has 0 amide bonds. The average molecular weight is 456 g/mol. The zero-order chi connectivity index (χ0) is 22.4. The molecule has 2 aliphatic heterocycles. The first-order chi connectivity index (χ1) is 13.8. The first-order valence-corrected chi connectivity index (χ1v) is 10.4. The maximum Gasteiger partial charge on any atom is 0.348 e. The molecule has 0 saturated carbocycles. The lowest BCUT2D eigenvalue weighted by Gasteiger charge is -1.99. The molecule has 30 heavy (non-hydrogen) atoms. The molecule has 0 fully saturated rings. The Hall–Kier alpha value is -3.46. The summed E-state index contributed by atoms with van der Waals surface area (Å²) in [5.74, 6) is -3.72. The van der Waals surface area contributed by atoms with Gasteiger partial charge in [-0.05, 0) is 30.3 Å². The Morgan fingerprint density at radius 3 is 1.80 bits per heavy atom. The third kappa shape index (κ3) is 3.84. The summed E-state index contributed by atoms with van der Waals surface area (Å²) in [6.07, 6.45) is 0. The predicted octanol–water partition coefficient (Wildman–Crippen LogP) is 0.488. The van der Waals surface area contributed by atoms with Gasteiger partial charge in [-0.15, -0.1) is 0 Å². The number of benzene rings is 2. The van der Waals surface area contributed by atoms with Crippen LogP contribution in [0.3, 0.4) is 0 Å². The number of cyclic esters (lactones) is 4. The van der Waals surface area contributed by atoms with Gasteiger partial charge in [0.2, 0.25) is 0 Å². The highest BCUT2D eigenvalue weighted by molar-refractivity contribution is 7.86. The molecule has 4 rings (SSSR count). The lowest BCUT2D eigenvalue weighted by Crippen LogP contribution is -2.06. The van der Waals surface area contributed by atoms with Crippen LogP contribution in [0.5, 0.6) is 0 Å². The van der Waals surface area contributed by atoms with Gasteiger partial charge < -0.3 is 9.47 Å². The molecule has 156 valence electrons. The zero-order valence-electron chi connectivity index (χ0n) is 14.3. The number of hydrogen-bond donors (Lipinski definition) is 2. The van der Waals surface area contributed by atoms with Crippen molar-refractivity contribution in [1.82, 2.24) is 0 Å². The number of hydrogen-bond acceptors (Lipinski definition) is 10. The Bertz CT molecular complexity index is 1350. The Kier molecular flexibility index (Phi) is 5.03. The zero-order valence-corrected chi connectivity index (χ0v) is 15.9. The standard InChI is InChI=1S/2C8H4O6S/c9-7-5-2-1-4(15(11,12)13)3-6(5)8(10)14-7;9-7-4-2-1-3-5(15(11,12)13)6(4)8(10)14-7/h2*1-3H,(H,11,12,13). The minimum Gasteiger partial charge on any atom is -0.386 e. The molecule has 2 N–H and O–H groups in total. The molecule has 12 nitrogen and oxygen atoms in total. The van der Waals surface area contributed by atoms with Crippen molar-refractivity contribution in [3.8, 4) is 0 Å². The van der Waals surface area contributed by atoms with Gasteiger partial charge in [-0.25, -0.2) is 19.2 Å². The molecule has 14 heteroatoms. The van der Waals surface area contributed by atoms with Crippen molar-refractivity contribution in [2.24, 2.45) is 0 Å². The Labute approximate surface area is 167 Å². The number of fused-ring (bicyclic) bond motifs is 2. The quantitative estimate of drug-likeness (QED) is 0.361. The van der Waals surface area contributed by atoms with Crippen molar-refractivity contribution < 1.29 is 54.6 Å². The van der Waals surface area contributed by atoms with Crippen molar-refractivity contribution in [3.05, 3.63) is 58.7 Å². The van der Waals surface area contributed by atoms with E-state index in [1.807, 2.05) is 0 Å². The van der Waals surface area contributed by atoms with Gasteiger partial charge in [0.25, 0.3) is 20.2 Å². The summed E-state index contributed by atoms with van der Waals surface area (Å²) in [6.45, 7) is 0. The van der Waals surface area contributed by atoms with E-state index >= 15 is 0 Å². The summed E-state index contributed by atoms with van der Waals surface area (Å²) in [5.41, 5.74) is -0.734. The van der Waals surface area contributed by atoms with Crippen LogP contribution >= 0.6 is 0 Å². The van der Waals surface area contributed by atoms with E-state index in [0.29, 0.717) is 0 Å². The second-order valence-corrected chi connectivity index (χ2v) is 8.50. The molecule has 0 aliphatic carbocycles. The summed E-state index contributed by atoms with van der Waals surface area (Å²) < 4.78 is 69.2.